The van der Waals surface area contributed by atoms with Crippen LogP contribution in [0.1, 0.15) is 29.8 Å². The molecule has 0 bridgehead atoms. The van der Waals surface area contributed by atoms with E-state index in [2.05, 4.69) is 4.74 Å². The number of Topliss-reactive ketones (excluding diaryl/α,β-unsaturated/α-hetero) is 1. The van der Waals surface area contributed by atoms with Crippen molar-refractivity contribution < 1.29 is 18.7 Å². The summed E-state index contributed by atoms with van der Waals surface area (Å²) in [5.41, 5.74) is 0.711. The van der Waals surface area contributed by atoms with Crippen molar-refractivity contribution in [3.63, 3.8) is 0 Å². The summed E-state index contributed by atoms with van der Waals surface area (Å²) in [6.07, 6.45) is 0.598. The van der Waals surface area contributed by atoms with Crippen molar-refractivity contribution in [2.24, 2.45) is 0 Å². The van der Waals surface area contributed by atoms with E-state index >= 15 is 0 Å². The molecule has 0 N–H and O–H groups in total. The minimum Gasteiger partial charge on any atom is -0.460 e. The molecule has 0 aliphatic rings. The first-order valence-corrected chi connectivity index (χ1v) is 5.09. The van der Waals surface area contributed by atoms with Gasteiger partial charge in [0.1, 0.15) is 5.82 Å². The molecule has 0 saturated heterocycles. The molecule has 0 atom stereocenters. The molecule has 0 aromatic heterocycles. The number of ether oxygens (including phenoxy) is 1. The Bertz CT molecular complexity index is 413. The molecule has 0 radical (unpaired) electrons. The number of hydrogen-bond acceptors (Lipinski definition) is 3. The fraction of sp³-hybridized carbons (Fsp3) is 0.333. The monoisotopic (exact) mass is 224 g/mol. The zero-order valence-electron chi connectivity index (χ0n) is 9.25. The zero-order valence-corrected chi connectivity index (χ0v) is 9.25. The second-order valence-corrected chi connectivity index (χ2v) is 3.25. The van der Waals surface area contributed by atoms with Gasteiger partial charge in [0.05, 0.1) is 6.61 Å². The van der Waals surface area contributed by atoms with E-state index in [-0.39, 0.29) is 12.2 Å². The van der Waals surface area contributed by atoms with Gasteiger partial charge in [-0.2, -0.15) is 0 Å². The maximum absolute atomic E-state index is 13.1. The summed E-state index contributed by atoms with van der Waals surface area (Å²) >= 11 is 0. The first-order valence-electron chi connectivity index (χ1n) is 5.09. The molecule has 0 aliphatic heterocycles. The lowest BCUT2D eigenvalue weighted by atomic mass is 10.1. The van der Waals surface area contributed by atoms with Crippen molar-refractivity contribution in [1.82, 2.24) is 0 Å². The average Bonchev–Trinajstić information content (AvgIpc) is 2.27. The maximum atomic E-state index is 13.1. The number of rotatable bonds is 4. The van der Waals surface area contributed by atoms with Gasteiger partial charge >= 0.3 is 5.97 Å². The Kier molecular flexibility index (Phi) is 4.17. The van der Waals surface area contributed by atoms with Crippen LogP contribution in [0, 0.1) is 5.82 Å². The molecule has 1 aromatic carbocycles. The summed E-state index contributed by atoms with van der Waals surface area (Å²) in [5.74, 6) is -2.28. The SMILES string of the molecule is CCOC(=O)C(=O)c1cc(F)cc(CC)c1. The summed E-state index contributed by atoms with van der Waals surface area (Å²) in [6.45, 7) is 3.57. The third-order valence-electron chi connectivity index (χ3n) is 2.09. The van der Waals surface area contributed by atoms with Gasteiger partial charge in [0.2, 0.25) is 0 Å². The Labute approximate surface area is 93.2 Å². The van der Waals surface area contributed by atoms with Gasteiger partial charge in [-0.1, -0.05) is 6.92 Å². The van der Waals surface area contributed by atoms with Gasteiger partial charge in [0.15, 0.2) is 0 Å². The molecule has 0 heterocycles. The minimum atomic E-state index is -0.949. The molecule has 0 aliphatic carbocycles. The lowest BCUT2D eigenvalue weighted by Gasteiger charge is -2.03. The van der Waals surface area contributed by atoms with E-state index < -0.39 is 17.6 Å². The second-order valence-electron chi connectivity index (χ2n) is 3.25. The van der Waals surface area contributed by atoms with Crippen LogP contribution >= 0.6 is 0 Å². The highest BCUT2D eigenvalue weighted by molar-refractivity contribution is 6.40. The number of carbonyl (C=O) groups is 2. The Balaban J connectivity index is 2.99. The zero-order chi connectivity index (χ0) is 12.1. The highest BCUT2D eigenvalue weighted by Crippen LogP contribution is 2.11. The van der Waals surface area contributed by atoms with Gasteiger partial charge < -0.3 is 4.74 Å². The van der Waals surface area contributed by atoms with Gasteiger partial charge in [-0.3, -0.25) is 4.79 Å². The van der Waals surface area contributed by atoms with Crippen molar-refractivity contribution in [3.8, 4) is 0 Å². The summed E-state index contributed by atoms with van der Waals surface area (Å²) < 4.78 is 17.7. The van der Waals surface area contributed by atoms with Crippen LogP contribution < -0.4 is 0 Å². The van der Waals surface area contributed by atoms with E-state index in [9.17, 15) is 14.0 Å². The summed E-state index contributed by atoms with van der Waals surface area (Å²) in [5, 5.41) is 0. The van der Waals surface area contributed by atoms with Gasteiger partial charge in [-0.15, -0.1) is 0 Å². The van der Waals surface area contributed by atoms with Gasteiger partial charge in [0, 0.05) is 5.56 Å². The Hall–Kier alpha value is -1.71. The van der Waals surface area contributed by atoms with Gasteiger partial charge in [-0.05, 0) is 37.1 Å². The third-order valence-corrected chi connectivity index (χ3v) is 2.09. The van der Waals surface area contributed by atoms with Crippen LogP contribution in [0.3, 0.4) is 0 Å². The smallest absolute Gasteiger partial charge is 0.379 e. The molecule has 0 amide bonds. The number of esters is 1. The lowest BCUT2D eigenvalue weighted by Crippen LogP contribution is -2.17. The number of ketones is 1. The molecule has 3 nitrogen and oxygen atoms in total. The van der Waals surface area contributed by atoms with Gasteiger partial charge in [-0.25, -0.2) is 9.18 Å². The summed E-state index contributed by atoms with van der Waals surface area (Å²) in [4.78, 5) is 22.7. The molecule has 1 aromatic rings. The van der Waals surface area contributed by atoms with E-state index in [1.807, 2.05) is 6.92 Å². The summed E-state index contributed by atoms with van der Waals surface area (Å²) in [6, 6.07) is 3.88. The molecule has 0 saturated carbocycles. The Morgan fingerprint density at radius 3 is 2.50 bits per heavy atom. The lowest BCUT2D eigenvalue weighted by molar-refractivity contribution is -0.137. The molecule has 1 rings (SSSR count). The van der Waals surface area contributed by atoms with Crippen LogP contribution in [0.5, 0.6) is 0 Å². The van der Waals surface area contributed by atoms with E-state index in [1.54, 1.807) is 6.92 Å². The fourth-order valence-corrected chi connectivity index (χ4v) is 1.30. The van der Waals surface area contributed by atoms with E-state index in [0.29, 0.717) is 12.0 Å². The standard InChI is InChI=1S/C12H13FO3/c1-3-8-5-9(7-10(13)6-8)11(14)12(15)16-4-2/h5-7H,3-4H2,1-2H3. The molecule has 4 heteroatoms. The number of benzene rings is 1. The second kappa shape index (κ2) is 5.39. The van der Waals surface area contributed by atoms with Crippen molar-refractivity contribution in [2.75, 3.05) is 6.61 Å². The molecule has 86 valence electrons. The largest absolute Gasteiger partial charge is 0.460 e. The van der Waals surface area contributed by atoms with Crippen LogP contribution in [0.4, 0.5) is 4.39 Å². The van der Waals surface area contributed by atoms with Gasteiger partial charge in [0.25, 0.3) is 5.78 Å². The molecule has 0 fully saturated rings. The van der Waals surface area contributed by atoms with Crippen LogP contribution in [0.15, 0.2) is 18.2 Å². The number of hydrogen-bond donors (Lipinski definition) is 0. The Morgan fingerprint density at radius 1 is 1.25 bits per heavy atom. The van der Waals surface area contributed by atoms with E-state index in [0.717, 1.165) is 6.07 Å². The van der Waals surface area contributed by atoms with Crippen LogP contribution in [-0.4, -0.2) is 18.4 Å². The van der Waals surface area contributed by atoms with Crippen molar-refractivity contribution in [2.45, 2.75) is 20.3 Å². The number of halogens is 1. The summed E-state index contributed by atoms with van der Waals surface area (Å²) in [7, 11) is 0. The van der Waals surface area contributed by atoms with Crippen LogP contribution in [0.25, 0.3) is 0 Å². The highest BCUT2D eigenvalue weighted by Gasteiger charge is 2.18. The molecule has 0 spiro atoms. The Morgan fingerprint density at radius 2 is 1.94 bits per heavy atom. The number of aryl methyl sites for hydroxylation is 1. The molecule has 0 unspecified atom stereocenters. The van der Waals surface area contributed by atoms with Crippen LogP contribution in [-0.2, 0) is 16.0 Å². The van der Waals surface area contributed by atoms with Crippen molar-refractivity contribution >= 4 is 11.8 Å². The van der Waals surface area contributed by atoms with E-state index in [4.69, 9.17) is 0 Å². The minimum absolute atomic E-state index is 0.0373. The van der Waals surface area contributed by atoms with E-state index in [1.165, 1.54) is 12.1 Å². The first kappa shape index (κ1) is 12.4. The number of carbonyl (C=O) groups excluding carboxylic acids is 2. The van der Waals surface area contributed by atoms with Crippen molar-refractivity contribution in [1.29, 1.82) is 0 Å². The highest BCUT2D eigenvalue weighted by atomic mass is 19.1. The first-order chi connectivity index (χ1) is 7.58. The average molecular weight is 224 g/mol. The maximum Gasteiger partial charge on any atom is 0.379 e. The predicted molar refractivity (Wildman–Crippen MR) is 56.7 cm³/mol. The normalized spacial score (nSPS) is 9.94. The molecule has 16 heavy (non-hydrogen) atoms. The third kappa shape index (κ3) is 2.89. The molecular weight excluding hydrogens is 211 g/mol. The van der Waals surface area contributed by atoms with Crippen LogP contribution in [0.2, 0.25) is 0 Å². The quantitative estimate of drug-likeness (QED) is 0.447. The predicted octanol–water partition coefficient (Wildman–Crippen LogP) is 2.13. The van der Waals surface area contributed by atoms with Crippen molar-refractivity contribution in [3.05, 3.63) is 35.1 Å². The topological polar surface area (TPSA) is 43.4 Å². The molecular formula is C12H13FO3. The fourth-order valence-electron chi connectivity index (χ4n) is 1.30.